The van der Waals surface area contributed by atoms with Gasteiger partial charge in [-0.15, -0.1) is 0 Å². The molecule has 1 heterocycles. The summed E-state index contributed by atoms with van der Waals surface area (Å²) in [6, 6.07) is 7.63. The van der Waals surface area contributed by atoms with Gasteiger partial charge in [0, 0.05) is 11.3 Å². The van der Waals surface area contributed by atoms with E-state index in [0.29, 0.717) is 11.3 Å². The number of hydrogen-bond donors (Lipinski definition) is 1. The zero-order valence-corrected chi connectivity index (χ0v) is 9.49. The molecule has 94 valence electrons. The van der Waals surface area contributed by atoms with E-state index in [2.05, 4.69) is 4.98 Å². The molecule has 0 aliphatic rings. The van der Waals surface area contributed by atoms with E-state index in [1.54, 1.807) is 13.0 Å². The van der Waals surface area contributed by atoms with Crippen LogP contribution in [0, 0.1) is 6.92 Å². The van der Waals surface area contributed by atoms with Crippen LogP contribution in [0.5, 0.6) is 5.75 Å². The van der Waals surface area contributed by atoms with Gasteiger partial charge in [0.15, 0.2) is 0 Å². The highest BCUT2D eigenvalue weighted by molar-refractivity contribution is 5.66. The van der Waals surface area contributed by atoms with Gasteiger partial charge in [0.05, 0.1) is 5.56 Å². The van der Waals surface area contributed by atoms with E-state index in [-0.39, 0.29) is 11.4 Å². The van der Waals surface area contributed by atoms with Crippen LogP contribution in [-0.4, -0.2) is 10.1 Å². The maximum atomic E-state index is 12.4. The Labute approximate surface area is 102 Å². The van der Waals surface area contributed by atoms with Crippen LogP contribution in [0.3, 0.4) is 0 Å². The van der Waals surface area contributed by atoms with Gasteiger partial charge in [-0.1, -0.05) is 12.1 Å². The molecular weight excluding hydrogens is 243 g/mol. The Morgan fingerprint density at radius 1 is 1.00 bits per heavy atom. The maximum absolute atomic E-state index is 12.4. The minimum absolute atomic E-state index is 0.0552. The lowest BCUT2D eigenvalue weighted by atomic mass is 10.1. The largest absolute Gasteiger partial charge is 0.506 e. The van der Waals surface area contributed by atoms with E-state index >= 15 is 0 Å². The molecule has 1 N–H and O–H groups in total. The van der Waals surface area contributed by atoms with Gasteiger partial charge in [0.1, 0.15) is 11.4 Å². The number of rotatable bonds is 1. The summed E-state index contributed by atoms with van der Waals surface area (Å²) in [5.41, 5.74) is 0.689. The van der Waals surface area contributed by atoms with Crippen molar-refractivity contribution in [2.75, 3.05) is 0 Å². The molecule has 1 aromatic carbocycles. The number of hydrogen-bond acceptors (Lipinski definition) is 2. The molecule has 0 spiro atoms. The molecule has 5 heteroatoms. The molecule has 18 heavy (non-hydrogen) atoms. The minimum atomic E-state index is -4.36. The van der Waals surface area contributed by atoms with Crippen LogP contribution in [0.25, 0.3) is 11.3 Å². The number of benzene rings is 1. The first-order valence-electron chi connectivity index (χ1n) is 5.22. The number of aromatic hydroxyl groups is 1. The van der Waals surface area contributed by atoms with Crippen LogP contribution >= 0.6 is 0 Å². The normalized spacial score (nSPS) is 11.6. The molecule has 0 saturated heterocycles. The zero-order chi connectivity index (χ0) is 13.3. The molecule has 0 aliphatic carbocycles. The summed E-state index contributed by atoms with van der Waals surface area (Å²) in [5.74, 6) is -0.0552. The Morgan fingerprint density at radius 2 is 1.61 bits per heavy atom. The maximum Gasteiger partial charge on any atom is 0.416 e. The van der Waals surface area contributed by atoms with Gasteiger partial charge in [-0.05, 0) is 31.2 Å². The summed E-state index contributed by atoms with van der Waals surface area (Å²) in [6.07, 6.45) is -4.36. The van der Waals surface area contributed by atoms with Gasteiger partial charge in [0.25, 0.3) is 0 Å². The Kier molecular flexibility index (Phi) is 2.98. The average Bonchev–Trinajstić information content (AvgIpc) is 2.31. The molecule has 1 aromatic heterocycles. The molecule has 0 saturated carbocycles. The van der Waals surface area contributed by atoms with Crippen molar-refractivity contribution < 1.29 is 18.3 Å². The number of halogens is 3. The zero-order valence-electron chi connectivity index (χ0n) is 9.49. The second-order valence-electron chi connectivity index (χ2n) is 3.90. The first-order chi connectivity index (χ1) is 8.38. The molecule has 2 rings (SSSR count). The molecular formula is C13H10F3NO. The van der Waals surface area contributed by atoms with Gasteiger partial charge in [0.2, 0.25) is 0 Å². The Bertz CT molecular complexity index is 561. The fourth-order valence-corrected chi connectivity index (χ4v) is 1.58. The number of alkyl halides is 3. The SMILES string of the molecule is Cc1ccc(O)c(-c2ccc(C(F)(F)F)cc2)n1. The van der Waals surface area contributed by atoms with Crippen molar-refractivity contribution in [2.24, 2.45) is 0 Å². The van der Waals surface area contributed by atoms with Crippen molar-refractivity contribution in [3.05, 3.63) is 47.7 Å². The fraction of sp³-hybridized carbons (Fsp3) is 0.154. The van der Waals surface area contributed by atoms with Crippen LogP contribution in [0.1, 0.15) is 11.3 Å². The van der Waals surface area contributed by atoms with Crippen LogP contribution in [0.15, 0.2) is 36.4 Å². The Hall–Kier alpha value is -2.04. The van der Waals surface area contributed by atoms with Crippen LogP contribution < -0.4 is 0 Å². The first kappa shape index (κ1) is 12.4. The second-order valence-corrected chi connectivity index (χ2v) is 3.90. The fourth-order valence-electron chi connectivity index (χ4n) is 1.58. The standard InChI is InChI=1S/C13H10F3NO/c1-8-2-7-11(18)12(17-8)9-3-5-10(6-4-9)13(14,15)16/h2-7,18H,1H3. The van der Waals surface area contributed by atoms with E-state index in [1.165, 1.54) is 18.2 Å². The highest BCUT2D eigenvalue weighted by Crippen LogP contribution is 2.32. The summed E-state index contributed by atoms with van der Waals surface area (Å²) in [4.78, 5) is 4.10. The highest BCUT2D eigenvalue weighted by Gasteiger charge is 2.30. The van der Waals surface area contributed by atoms with Crippen molar-refractivity contribution in [2.45, 2.75) is 13.1 Å². The molecule has 0 aliphatic heterocycles. The lowest BCUT2D eigenvalue weighted by Gasteiger charge is -2.08. The van der Waals surface area contributed by atoms with Crippen LogP contribution in [0.4, 0.5) is 13.2 Å². The Balaban J connectivity index is 2.43. The number of nitrogens with zero attached hydrogens (tertiary/aromatic N) is 1. The molecule has 0 atom stereocenters. The topological polar surface area (TPSA) is 33.1 Å². The predicted octanol–water partition coefficient (Wildman–Crippen LogP) is 3.78. The molecule has 0 radical (unpaired) electrons. The predicted molar refractivity (Wildman–Crippen MR) is 61.1 cm³/mol. The molecule has 0 bridgehead atoms. The summed E-state index contributed by atoms with van der Waals surface area (Å²) >= 11 is 0. The van der Waals surface area contributed by atoms with Crippen molar-refractivity contribution >= 4 is 0 Å². The van der Waals surface area contributed by atoms with Crippen molar-refractivity contribution in [3.63, 3.8) is 0 Å². The molecule has 2 nitrogen and oxygen atoms in total. The third-order valence-electron chi connectivity index (χ3n) is 2.50. The average molecular weight is 253 g/mol. The smallest absolute Gasteiger partial charge is 0.416 e. The minimum Gasteiger partial charge on any atom is -0.506 e. The number of aromatic nitrogens is 1. The van der Waals surface area contributed by atoms with Crippen LogP contribution in [0.2, 0.25) is 0 Å². The van der Waals surface area contributed by atoms with Crippen molar-refractivity contribution in [3.8, 4) is 17.0 Å². The molecule has 0 amide bonds. The number of pyridine rings is 1. The third-order valence-corrected chi connectivity index (χ3v) is 2.50. The van der Waals surface area contributed by atoms with E-state index in [1.807, 2.05) is 0 Å². The first-order valence-corrected chi connectivity index (χ1v) is 5.22. The van der Waals surface area contributed by atoms with Crippen molar-refractivity contribution in [1.82, 2.24) is 4.98 Å². The van der Waals surface area contributed by atoms with Crippen LogP contribution in [-0.2, 0) is 6.18 Å². The van der Waals surface area contributed by atoms with E-state index < -0.39 is 11.7 Å². The molecule has 2 aromatic rings. The van der Waals surface area contributed by atoms with Gasteiger partial charge in [-0.3, -0.25) is 0 Å². The van der Waals surface area contributed by atoms with E-state index in [0.717, 1.165) is 12.1 Å². The monoisotopic (exact) mass is 253 g/mol. The van der Waals surface area contributed by atoms with E-state index in [4.69, 9.17) is 0 Å². The van der Waals surface area contributed by atoms with Gasteiger partial charge in [-0.2, -0.15) is 13.2 Å². The van der Waals surface area contributed by atoms with Gasteiger partial charge in [-0.25, -0.2) is 4.98 Å². The third kappa shape index (κ3) is 2.45. The van der Waals surface area contributed by atoms with Crippen molar-refractivity contribution in [1.29, 1.82) is 0 Å². The molecule has 0 fully saturated rings. The summed E-state index contributed by atoms with van der Waals surface area (Å²) < 4.78 is 37.2. The quantitative estimate of drug-likeness (QED) is 0.838. The number of aryl methyl sites for hydroxylation is 1. The van der Waals surface area contributed by atoms with Gasteiger partial charge >= 0.3 is 6.18 Å². The highest BCUT2D eigenvalue weighted by atomic mass is 19.4. The van der Waals surface area contributed by atoms with Gasteiger partial charge < -0.3 is 5.11 Å². The lowest BCUT2D eigenvalue weighted by Crippen LogP contribution is -2.04. The summed E-state index contributed by atoms with van der Waals surface area (Å²) in [7, 11) is 0. The second kappa shape index (κ2) is 4.33. The lowest BCUT2D eigenvalue weighted by molar-refractivity contribution is -0.137. The molecule has 0 unspecified atom stereocenters. The summed E-state index contributed by atoms with van der Waals surface area (Å²) in [5, 5.41) is 9.63. The van der Waals surface area contributed by atoms with E-state index in [9.17, 15) is 18.3 Å². The summed E-state index contributed by atoms with van der Waals surface area (Å²) in [6.45, 7) is 1.74. The Morgan fingerprint density at radius 3 is 2.17 bits per heavy atom.